The van der Waals surface area contributed by atoms with Crippen LogP contribution in [0.5, 0.6) is 0 Å². The van der Waals surface area contributed by atoms with Gasteiger partial charge in [-0.05, 0) is 49.8 Å². The summed E-state index contributed by atoms with van der Waals surface area (Å²) in [5, 5.41) is 13.0. The van der Waals surface area contributed by atoms with Crippen LogP contribution in [0.1, 0.15) is 38.3 Å². The number of carbonyl (C=O) groups is 1. The van der Waals surface area contributed by atoms with Gasteiger partial charge in [0.15, 0.2) is 6.23 Å². The van der Waals surface area contributed by atoms with E-state index in [0.717, 1.165) is 77.8 Å². The van der Waals surface area contributed by atoms with Crippen molar-refractivity contribution < 1.29 is 9.53 Å². The number of benzene rings is 1. The van der Waals surface area contributed by atoms with Gasteiger partial charge in [-0.3, -0.25) is 4.79 Å². The first kappa shape index (κ1) is 21.7. The Hall–Kier alpha value is -3.78. The molecule has 2 N–H and O–H groups in total. The van der Waals surface area contributed by atoms with Gasteiger partial charge in [0.25, 0.3) is 0 Å². The van der Waals surface area contributed by atoms with Crippen molar-refractivity contribution in [3.8, 4) is 22.5 Å². The minimum Gasteiger partial charge on any atom is -0.373 e. The fourth-order valence-corrected chi connectivity index (χ4v) is 4.67. The van der Waals surface area contributed by atoms with Crippen molar-refractivity contribution in [2.24, 2.45) is 5.92 Å². The Morgan fingerprint density at radius 2 is 1.89 bits per heavy atom. The third kappa shape index (κ3) is 4.25. The normalized spacial score (nSPS) is 17.9. The van der Waals surface area contributed by atoms with Crippen molar-refractivity contribution >= 4 is 28.3 Å². The molecule has 1 aliphatic heterocycles. The number of nitrogens with one attached hydrogen (secondary N) is 2. The van der Waals surface area contributed by atoms with Crippen LogP contribution in [-0.2, 0) is 9.53 Å². The molecule has 1 aromatic carbocycles. The third-order valence-electron chi connectivity index (χ3n) is 6.72. The average molecular weight is 469 g/mol. The van der Waals surface area contributed by atoms with E-state index in [9.17, 15) is 4.79 Å². The molecule has 1 amide bonds. The standard InChI is InChI=1S/C27H28N6O2/c1-28-26-21-16-29-24(31-27(34)18-10-11-18)13-19(21)20(15-30-26)22-14-23(17-7-3-2-4-8-17)33(32-22)25-9-5-6-12-35-25/h2-4,7-8,13-16,18,25H,5-6,9-12H2,1H3,(H,28,30)(H,29,31,34). The number of carbonyl (C=O) groups excluding carboxylic acids is 1. The van der Waals surface area contributed by atoms with Crippen LogP contribution in [0.4, 0.5) is 11.6 Å². The molecule has 1 atom stereocenters. The van der Waals surface area contributed by atoms with Crippen molar-refractivity contribution in [1.29, 1.82) is 0 Å². The smallest absolute Gasteiger partial charge is 0.228 e. The number of hydrogen-bond acceptors (Lipinski definition) is 6. The predicted molar refractivity (Wildman–Crippen MR) is 136 cm³/mol. The number of rotatable bonds is 6. The molecule has 6 rings (SSSR count). The first-order valence-electron chi connectivity index (χ1n) is 12.3. The predicted octanol–water partition coefficient (Wildman–Crippen LogP) is 5.25. The second kappa shape index (κ2) is 9.11. The zero-order chi connectivity index (χ0) is 23.8. The summed E-state index contributed by atoms with van der Waals surface area (Å²) in [6.07, 6.45) is 8.52. The van der Waals surface area contributed by atoms with E-state index in [-0.39, 0.29) is 18.1 Å². The van der Waals surface area contributed by atoms with Crippen LogP contribution >= 0.6 is 0 Å². The maximum absolute atomic E-state index is 12.4. The highest BCUT2D eigenvalue weighted by Crippen LogP contribution is 2.37. The van der Waals surface area contributed by atoms with Crippen molar-refractivity contribution in [3.05, 3.63) is 54.9 Å². The molecule has 0 spiro atoms. The summed E-state index contributed by atoms with van der Waals surface area (Å²) in [5.41, 5.74) is 3.79. The molecule has 4 heterocycles. The molecular weight excluding hydrogens is 440 g/mol. The summed E-state index contributed by atoms with van der Waals surface area (Å²) >= 11 is 0. The summed E-state index contributed by atoms with van der Waals surface area (Å²) in [7, 11) is 1.84. The Morgan fingerprint density at radius 3 is 2.63 bits per heavy atom. The van der Waals surface area contributed by atoms with E-state index in [1.807, 2.05) is 42.2 Å². The summed E-state index contributed by atoms with van der Waals surface area (Å²) < 4.78 is 8.12. The van der Waals surface area contributed by atoms with Gasteiger partial charge in [0.05, 0.1) is 11.4 Å². The van der Waals surface area contributed by atoms with Crippen LogP contribution in [0.15, 0.2) is 54.9 Å². The lowest BCUT2D eigenvalue weighted by Crippen LogP contribution is -2.20. The van der Waals surface area contributed by atoms with E-state index in [0.29, 0.717) is 5.82 Å². The van der Waals surface area contributed by atoms with Gasteiger partial charge in [0.1, 0.15) is 11.6 Å². The lowest BCUT2D eigenvalue weighted by atomic mass is 10.0. The van der Waals surface area contributed by atoms with Crippen LogP contribution < -0.4 is 10.6 Å². The molecule has 35 heavy (non-hydrogen) atoms. The molecule has 2 aliphatic rings. The summed E-state index contributed by atoms with van der Waals surface area (Å²) in [6, 6.07) is 14.3. The monoisotopic (exact) mass is 468 g/mol. The zero-order valence-corrected chi connectivity index (χ0v) is 19.7. The average Bonchev–Trinajstić information content (AvgIpc) is 3.68. The Balaban J connectivity index is 1.48. The van der Waals surface area contributed by atoms with E-state index < -0.39 is 0 Å². The SMILES string of the molecule is CNc1ncc(-c2cc(-c3ccccc3)n(C3CCCCO3)n2)c2cc(NC(=O)C3CC3)ncc12. The number of fused-ring (bicyclic) bond motifs is 1. The van der Waals surface area contributed by atoms with Gasteiger partial charge < -0.3 is 15.4 Å². The lowest BCUT2D eigenvalue weighted by Gasteiger charge is -2.24. The molecule has 0 radical (unpaired) electrons. The molecule has 1 aliphatic carbocycles. The summed E-state index contributed by atoms with van der Waals surface area (Å²) in [6.45, 7) is 0.741. The summed E-state index contributed by atoms with van der Waals surface area (Å²) in [5.74, 6) is 1.42. The number of pyridine rings is 2. The fraction of sp³-hybridized carbons (Fsp3) is 0.333. The molecular formula is C27H28N6O2. The Bertz CT molecular complexity index is 1370. The van der Waals surface area contributed by atoms with Gasteiger partial charge in [-0.25, -0.2) is 14.6 Å². The molecule has 178 valence electrons. The number of aromatic nitrogens is 4. The van der Waals surface area contributed by atoms with E-state index in [2.05, 4.69) is 38.8 Å². The van der Waals surface area contributed by atoms with Crippen LogP contribution in [0.25, 0.3) is 33.3 Å². The minimum atomic E-state index is -0.0985. The Kier molecular flexibility index (Phi) is 5.66. The molecule has 1 saturated carbocycles. The topological polar surface area (TPSA) is 94.0 Å². The highest BCUT2D eigenvalue weighted by molar-refractivity contribution is 6.03. The van der Waals surface area contributed by atoms with E-state index in [4.69, 9.17) is 9.84 Å². The molecule has 1 unspecified atom stereocenters. The maximum Gasteiger partial charge on any atom is 0.228 e. The second-order valence-electron chi connectivity index (χ2n) is 9.20. The molecule has 2 fully saturated rings. The van der Waals surface area contributed by atoms with Gasteiger partial charge in [-0.2, -0.15) is 5.10 Å². The highest BCUT2D eigenvalue weighted by Gasteiger charge is 2.30. The van der Waals surface area contributed by atoms with Gasteiger partial charge in [-0.1, -0.05) is 30.3 Å². The van der Waals surface area contributed by atoms with E-state index in [1.165, 1.54) is 0 Å². The van der Waals surface area contributed by atoms with Gasteiger partial charge in [0.2, 0.25) is 5.91 Å². The third-order valence-corrected chi connectivity index (χ3v) is 6.72. The summed E-state index contributed by atoms with van der Waals surface area (Å²) in [4.78, 5) is 21.5. The first-order valence-corrected chi connectivity index (χ1v) is 12.3. The van der Waals surface area contributed by atoms with Crippen LogP contribution in [0.3, 0.4) is 0 Å². The maximum atomic E-state index is 12.4. The quantitative estimate of drug-likeness (QED) is 0.401. The minimum absolute atomic E-state index is 0.0337. The Morgan fingerprint density at radius 1 is 1.03 bits per heavy atom. The molecule has 4 aromatic rings. The van der Waals surface area contributed by atoms with Crippen molar-refractivity contribution in [1.82, 2.24) is 19.7 Å². The number of nitrogens with zero attached hydrogens (tertiary/aromatic N) is 4. The van der Waals surface area contributed by atoms with Crippen molar-refractivity contribution in [2.75, 3.05) is 24.3 Å². The number of ether oxygens (including phenoxy) is 1. The van der Waals surface area contributed by atoms with E-state index >= 15 is 0 Å². The van der Waals surface area contributed by atoms with Gasteiger partial charge in [-0.15, -0.1) is 0 Å². The van der Waals surface area contributed by atoms with Crippen molar-refractivity contribution in [3.63, 3.8) is 0 Å². The Labute approximate surface area is 203 Å². The lowest BCUT2D eigenvalue weighted by molar-refractivity contribution is -0.117. The molecule has 3 aromatic heterocycles. The van der Waals surface area contributed by atoms with Gasteiger partial charge in [0, 0.05) is 48.3 Å². The van der Waals surface area contributed by atoms with Crippen LogP contribution in [-0.4, -0.2) is 39.3 Å². The molecule has 1 saturated heterocycles. The van der Waals surface area contributed by atoms with Crippen LogP contribution in [0, 0.1) is 5.92 Å². The fourth-order valence-electron chi connectivity index (χ4n) is 4.67. The van der Waals surface area contributed by atoms with Crippen molar-refractivity contribution in [2.45, 2.75) is 38.3 Å². The number of amides is 1. The molecule has 8 nitrogen and oxygen atoms in total. The highest BCUT2D eigenvalue weighted by atomic mass is 16.5. The molecule has 8 heteroatoms. The van der Waals surface area contributed by atoms with E-state index in [1.54, 1.807) is 6.20 Å². The first-order chi connectivity index (χ1) is 17.2. The zero-order valence-electron chi connectivity index (χ0n) is 19.7. The van der Waals surface area contributed by atoms with Gasteiger partial charge >= 0.3 is 0 Å². The van der Waals surface area contributed by atoms with Crippen LogP contribution in [0.2, 0.25) is 0 Å². The number of hydrogen-bond donors (Lipinski definition) is 2. The second-order valence-corrected chi connectivity index (χ2v) is 9.20. The molecule has 0 bridgehead atoms. The largest absolute Gasteiger partial charge is 0.373 e. The number of anilines is 2.